The van der Waals surface area contributed by atoms with Gasteiger partial charge in [0.05, 0.1) is 13.5 Å². The molecule has 2 N–H and O–H groups in total. The van der Waals surface area contributed by atoms with E-state index >= 15 is 0 Å². The molecule has 0 saturated heterocycles. The molecule has 1 rings (SSSR count). The van der Waals surface area contributed by atoms with Crippen molar-refractivity contribution in [3.63, 3.8) is 0 Å². The molecule has 0 unspecified atom stereocenters. The number of rotatable bonds is 3. The minimum atomic E-state index is -0.516. The Balaban J connectivity index is 0.00000196. The van der Waals surface area contributed by atoms with E-state index in [4.69, 9.17) is 5.73 Å². The van der Waals surface area contributed by atoms with Crippen LogP contribution in [0.3, 0.4) is 0 Å². The highest BCUT2D eigenvalue weighted by Crippen LogP contribution is 2.15. The second kappa shape index (κ2) is 6.37. The summed E-state index contributed by atoms with van der Waals surface area (Å²) in [6.07, 6.45) is 0.0555. The molecule has 1 atom stereocenters. The molecule has 0 aromatic heterocycles. The fourth-order valence-electron chi connectivity index (χ4n) is 1.12. The van der Waals surface area contributed by atoms with E-state index in [0.717, 1.165) is 0 Å². The summed E-state index contributed by atoms with van der Waals surface area (Å²) in [5.41, 5.74) is 6.27. The first kappa shape index (κ1) is 13.9. The number of carbonyl (C=O) groups excluding carboxylic acids is 1. The van der Waals surface area contributed by atoms with Gasteiger partial charge in [0, 0.05) is 6.04 Å². The normalized spacial score (nSPS) is 11.4. The van der Waals surface area contributed by atoms with E-state index in [1.54, 1.807) is 12.1 Å². The van der Waals surface area contributed by atoms with Crippen molar-refractivity contribution in [1.82, 2.24) is 0 Å². The Morgan fingerprint density at radius 1 is 1.60 bits per heavy atom. The Bertz CT molecular complexity index is 333. The lowest BCUT2D eigenvalue weighted by atomic mass is 10.1. The van der Waals surface area contributed by atoms with Crippen LogP contribution in [0, 0.1) is 5.82 Å². The highest BCUT2D eigenvalue weighted by Gasteiger charge is 2.11. The molecular formula is C10H13ClFNO2. The predicted octanol–water partition coefficient (Wildman–Crippen LogP) is 1.81. The van der Waals surface area contributed by atoms with E-state index in [1.807, 2.05) is 0 Å². The number of methoxy groups -OCH3 is 1. The van der Waals surface area contributed by atoms with Gasteiger partial charge in [0.2, 0.25) is 0 Å². The summed E-state index contributed by atoms with van der Waals surface area (Å²) in [5.74, 6) is -0.760. The standard InChI is InChI=1S/C10H12FNO2.ClH/c1-14-10(13)6-9(12)7-3-2-4-8(11)5-7;/h2-5,9H,6,12H2,1H3;1H/t9-;/m0./s1. The third-order valence-corrected chi connectivity index (χ3v) is 1.89. The number of hydrogen-bond donors (Lipinski definition) is 1. The zero-order valence-corrected chi connectivity index (χ0v) is 9.09. The van der Waals surface area contributed by atoms with Crippen LogP contribution in [0.25, 0.3) is 0 Å². The maximum atomic E-state index is 12.8. The molecule has 0 amide bonds. The summed E-state index contributed by atoms with van der Waals surface area (Å²) in [7, 11) is 1.29. The zero-order chi connectivity index (χ0) is 10.6. The molecule has 84 valence electrons. The van der Waals surface area contributed by atoms with Gasteiger partial charge >= 0.3 is 5.97 Å². The molecule has 0 aliphatic heterocycles. The summed E-state index contributed by atoms with van der Waals surface area (Å²) >= 11 is 0. The first-order chi connectivity index (χ1) is 6.63. The smallest absolute Gasteiger partial charge is 0.307 e. The maximum absolute atomic E-state index is 12.8. The first-order valence-corrected chi connectivity index (χ1v) is 4.21. The number of hydrogen-bond acceptors (Lipinski definition) is 3. The lowest BCUT2D eigenvalue weighted by Gasteiger charge is -2.10. The van der Waals surface area contributed by atoms with Gasteiger partial charge in [-0.1, -0.05) is 12.1 Å². The summed E-state index contributed by atoms with van der Waals surface area (Å²) in [6.45, 7) is 0. The molecule has 0 saturated carbocycles. The number of carbonyl (C=O) groups is 1. The molecule has 0 bridgehead atoms. The molecule has 0 fully saturated rings. The van der Waals surface area contributed by atoms with Crippen LogP contribution in [0.4, 0.5) is 4.39 Å². The van der Waals surface area contributed by atoms with Crippen molar-refractivity contribution in [2.45, 2.75) is 12.5 Å². The van der Waals surface area contributed by atoms with E-state index in [2.05, 4.69) is 4.74 Å². The van der Waals surface area contributed by atoms with Gasteiger partial charge in [-0.15, -0.1) is 12.4 Å². The van der Waals surface area contributed by atoms with Crippen molar-refractivity contribution >= 4 is 18.4 Å². The van der Waals surface area contributed by atoms with Crippen LogP contribution in [-0.4, -0.2) is 13.1 Å². The SMILES string of the molecule is COC(=O)C[C@H](N)c1cccc(F)c1.Cl. The average molecular weight is 234 g/mol. The molecule has 0 radical (unpaired) electrons. The summed E-state index contributed by atoms with van der Waals surface area (Å²) in [4.78, 5) is 10.9. The van der Waals surface area contributed by atoms with Crippen molar-refractivity contribution in [3.05, 3.63) is 35.6 Å². The van der Waals surface area contributed by atoms with E-state index < -0.39 is 12.0 Å². The Kier molecular flexibility index (Phi) is 5.89. The average Bonchev–Trinajstić information content (AvgIpc) is 2.17. The van der Waals surface area contributed by atoms with Gasteiger partial charge in [-0.3, -0.25) is 4.79 Å². The van der Waals surface area contributed by atoms with Crippen LogP contribution in [0.2, 0.25) is 0 Å². The minimum absolute atomic E-state index is 0. The molecule has 0 spiro atoms. The van der Waals surface area contributed by atoms with Gasteiger partial charge in [-0.25, -0.2) is 4.39 Å². The van der Waals surface area contributed by atoms with Gasteiger partial charge < -0.3 is 10.5 Å². The summed E-state index contributed by atoms with van der Waals surface area (Å²) in [5, 5.41) is 0. The highest BCUT2D eigenvalue weighted by molar-refractivity contribution is 5.85. The second-order valence-corrected chi connectivity index (χ2v) is 2.94. The first-order valence-electron chi connectivity index (χ1n) is 4.21. The van der Waals surface area contributed by atoms with Crippen LogP contribution < -0.4 is 5.73 Å². The molecular weight excluding hydrogens is 221 g/mol. The molecule has 0 aliphatic rings. The lowest BCUT2D eigenvalue weighted by molar-refractivity contribution is -0.141. The van der Waals surface area contributed by atoms with Gasteiger partial charge in [-0.2, -0.15) is 0 Å². The number of ether oxygens (including phenoxy) is 1. The number of nitrogens with two attached hydrogens (primary N) is 1. The lowest BCUT2D eigenvalue weighted by Crippen LogP contribution is -2.16. The van der Waals surface area contributed by atoms with Crippen LogP contribution in [0.5, 0.6) is 0 Å². The molecule has 0 heterocycles. The van der Waals surface area contributed by atoms with E-state index in [9.17, 15) is 9.18 Å². The number of benzene rings is 1. The fraction of sp³-hybridized carbons (Fsp3) is 0.300. The van der Waals surface area contributed by atoms with E-state index in [0.29, 0.717) is 5.56 Å². The van der Waals surface area contributed by atoms with Crippen molar-refractivity contribution in [3.8, 4) is 0 Å². The number of esters is 1. The number of halogens is 2. The zero-order valence-electron chi connectivity index (χ0n) is 8.27. The highest BCUT2D eigenvalue weighted by atomic mass is 35.5. The topological polar surface area (TPSA) is 52.3 Å². The molecule has 3 nitrogen and oxygen atoms in total. The van der Waals surface area contributed by atoms with Gasteiger partial charge in [0.25, 0.3) is 0 Å². The van der Waals surface area contributed by atoms with Gasteiger partial charge in [0.1, 0.15) is 5.82 Å². The van der Waals surface area contributed by atoms with Crippen molar-refractivity contribution in [2.75, 3.05) is 7.11 Å². The van der Waals surface area contributed by atoms with E-state index in [-0.39, 0.29) is 24.6 Å². The molecule has 1 aromatic rings. The van der Waals surface area contributed by atoms with Gasteiger partial charge in [0.15, 0.2) is 0 Å². The van der Waals surface area contributed by atoms with Crippen LogP contribution in [0.15, 0.2) is 24.3 Å². The van der Waals surface area contributed by atoms with Crippen molar-refractivity contribution in [2.24, 2.45) is 5.73 Å². The molecule has 1 aromatic carbocycles. The monoisotopic (exact) mass is 233 g/mol. The van der Waals surface area contributed by atoms with E-state index in [1.165, 1.54) is 19.2 Å². The summed E-state index contributed by atoms with van der Waals surface area (Å²) in [6, 6.07) is 5.36. The second-order valence-electron chi connectivity index (χ2n) is 2.94. The van der Waals surface area contributed by atoms with Crippen LogP contribution >= 0.6 is 12.4 Å². The molecule has 0 aliphatic carbocycles. The van der Waals surface area contributed by atoms with Crippen molar-refractivity contribution in [1.29, 1.82) is 0 Å². The van der Waals surface area contributed by atoms with Crippen molar-refractivity contribution < 1.29 is 13.9 Å². The third kappa shape index (κ3) is 4.27. The molecule has 15 heavy (non-hydrogen) atoms. The fourth-order valence-corrected chi connectivity index (χ4v) is 1.12. The maximum Gasteiger partial charge on any atom is 0.307 e. The Morgan fingerprint density at radius 2 is 2.27 bits per heavy atom. The summed E-state index contributed by atoms with van der Waals surface area (Å²) < 4.78 is 17.2. The van der Waals surface area contributed by atoms with Crippen LogP contribution in [-0.2, 0) is 9.53 Å². The predicted molar refractivity (Wildman–Crippen MR) is 57.2 cm³/mol. The Labute approximate surface area is 93.8 Å². The Morgan fingerprint density at radius 3 is 2.80 bits per heavy atom. The third-order valence-electron chi connectivity index (χ3n) is 1.89. The molecule has 5 heteroatoms. The Hall–Kier alpha value is -1.13. The van der Waals surface area contributed by atoms with Crippen LogP contribution in [0.1, 0.15) is 18.0 Å². The van der Waals surface area contributed by atoms with Gasteiger partial charge in [-0.05, 0) is 17.7 Å². The quantitative estimate of drug-likeness (QED) is 0.811. The minimum Gasteiger partial charge on any atom is -0.469 e. The largest absolute Gasteiger partial charge is 0.469 e.